The smallest absolute Gasteiger partial charge is 0.341 e. The molecule has 1 atom stereocenters. The Hall–Kier alpha value is -3.47. The Bertz CT molecular complexity index is 1290. The second-order valence-electron chi connectivity index (χ2n) is 6.64. The van der Waals surface area contributed by atoms with Crippen molar-refractivity contribution in [2.45, 2.75) is 6.92 Å². The maximum Gasteiger partial charge on any atom is 0.341 e. The number of carboxylic acid groups (broad SMARTS) is 1. The number of aromatic nitrogens is 1. The Morgan fingerprint density at radius 1 is 1.06 bits per heavy atom. The van der Waals surface area contributed by atoms with Crippen molar-refractivity contribution in [3.05, 3.63) is 83.3 Å². The molecule has 1 unspecified atom stereocenters. The molecule has 2 heterocycles. The molecule has 176 valence electrons. The third-order valence-corrected chi connectivity index (χ3v) is 8.02. The second kappa shape index (κ2) is 11.6. The second-order valence-corrected chi connectivity index (χ2v) is 11.3. The molecule has 4 aromatic rings. The molecule has 4 rings (SSSR count). The molecule has 0 saturated carbocycles. The van der Waals surface area contributed by atoms with E-state index in [0.29, 0.717) is 5.69 Å². The number of thiophene rings is 1. The van der Waals surface area contributed by atoms with E-state index in [2.05, 4.69) is 13.6 Å². The number of benzene rings is 2. The van der Waals surface area contributed by atoms with Crippen molar-refractivity contribution < 1.29 is 35.9 Å². The van der Waals surface area contributed by atoms with Gasteiger partial charge >= 0.3 is 130 Å². The summed E-state index contributed by atoms with van der Waals surface area (Å²) in [5.41, 5.74) is 4.89. The van der Waals surface area contributed by atoms with Gasteiger partial charge < -0.3 is 9.63 Å². The van der Waals surface area contributed by atoms with Gasteiger partial charge in [-0.2, -0.15) is 11.3 Å². The summed E-state index contributed by atoms with van der Waals surface area (Å²) in [5, 5.41) is 25.0. The van der Waals surface area contributed by atoms with Gasteiger partial charge in [-0.05, 0) is 11.4 Å². The van der Waals surface area contributed by atoms with Crippen molar-refractivity contribution >= 4 is 41.7 Å². The first-order valence-corrected chi connectivity index (χ1v) is 13.8. The molecule has 0 fully saturated rings. The summed E-state index contributed by atoms with van der Waals surface area (Å²) >= 11 is -3.25. The number of nitrogens with zero attached hydrogens (tertiary/aromatic N) is 1. The van der Waals surface area contributed by atoms with Crippen molar-refractivity contribution in [2.75, 3.05) is 0 Å². The molecule has 0 aliphatic rings. The van der Waals surface area contributed by atoms with E-state index in [9.17, 15) is 13.3 Å². The average Bonchev–Trinajstić information content (AvgIpc) is 3.56. The summed E-state index contributed by atoms with van der Waals surface area (Å²) in [6.45, 7) is 1.19. The Morgan fingerprint density at radius 3 is 2.41 bits per heavy atom. The number of carboxylic acids is 1. The maximum atomic E-state index is 12.4. The summed E-state index contributed by atoms with van der Waals surface area (Å²) < 4.78 is 26.0. The molecule has 34 heavy (non-hydrogen) atoms. The zero-order chi connectivity index (χ0) is 24.6. The van der Waals surface area contributed by atoms with Crippen LogP contribution in [0.25, 0.3) is 22.4 Å². The largest absolute Gasteiger partial charge is 0.477 e. The summed E-state index contributed by atoms with van der Waals surface area (Å²) in [7, 11) is 0. The van der Waals surface area contributed by atoms with Crippen LogP contribution >= 0.6 is 11.3 Å². The van der Waals surface area contributed by atoms with E-state index < -0.39 is 26.0 Å². The van der Waals surface area contributed by atoms with Crippen LogP contribution in [-0.2, 0) is 16.2 Å². The quantitative estimate of drug-likeness (QED) is 0.180. The van der Waals surface area contributed by atoms with Gasteiger partial charge in [0.25, 0.3) is 0 Å². The molecule has 1 amide bonds. The van der Waals surface area contributed by atoms with Gasteiger partial charge in [-0.3, -0.25) is 0 Å². The van der Waals surface area contributed by atoms with Gasteiger partial charge in [-0.1, -0.05) is 5.16 Å². The average molecular weight is 546 g/mol. The molecule has 0 spiro atoms. The van der Waals surface area contributed by atoms with Gasteiger partial charge in [0.05, 0.1) is 0 Å². The van der Waals surface area contributed by atoms with Gasteiger partial charge in [-0.15, -0.1) is 0 Å². The van der Waals surface area contributed by atoms with Gasteiger partial charge in [0.15, 0.2) is 0 Å². The van der Waals surface area contributed by atoms with Gasteiger partial charge in [0.1, 0.15) is 17.5 Å². The molecular weight excluding hydrogens is 527 g/mol. The summed E-state index contributed by atoms with van der Waals surface area (Å²) in [6, 6.07) is 17.8. The first kappa shape index (κ1) is 25.2. The first-order chi connectivity index (χ1) is 16.3. The molecule has 0 aliphatic carbocycles. The Morgan fingerprint density at radius 2 is 1.79 bits per heavy atom. The number of rotatable bonds is 7. The predicted octanol–water partition coefficient (Wildman–Crippen LogP) is 3.59. The molecule has 12 heteroatoms. The molecule has 0 saturated heterocycles. The Balaban J connectivity index is 0.000000212. The van der Waals surface area contributed by atoms with Crippen LogP contribution in [0.2, 0.25) is 0 Å². The van der Waals surface area contributed by atoms with Gasteiger partial charge in [0, 0.05) is 10.9 Å². The van der Waals surface area contributed by atoms with Crippen molar-refractivity contribution in [3.8, 4) is 22.4 Å². The molecule has 0 aliphatic heterocycles. The molecule has 3 N–H and O–H groups in total. The fourth-order valence-corrected chi connectivity index (χ4v) is 5.56. The molecule has 2 aromatic carbocycles. The number of carbonyl (C=O) groups excluding carboxylic acids is 1. The summed E-state index contributed by atoms with van der Waals surface area (Å²) in [4.78, 5) is 21.5. The number of amides is 1. The fourth-order valence-electron chi connectivity index (χ4n) is 2.72. The number of nitrogens with one attached hydrogen (secondary N) is 1. The molecular formula is C22H19AsN2O8S. The monoisotopic (exact) mass is 546 g/mol. The number of aromatic carboxylic acids is 1. The van der Waals surface area contributed by atoms with E-state index in [-0.39, 0.29) is 9.91 Å². The molecule has 0 radical (unpaired) electrons. The number of hydroxylamine groups is 1. The minimum atomic E-state index is -4.74. The number of hydrogen-bond donors (Lipinski definition) is 3. The van der Waals surface area contributed by atoms with Crippen molar-refractivity contribution in [3.63, 3.8) is 0 Å². The van der Waals surface area contributed by atoms with E-state index in [0.717, 1.165) is 23.0 Å². The number of hydrogen-bond acceptors (Lipinski definition) is 9. The Kier molecular flexibility index (Phi) is 8.58. The molecule has 2 aromatic heterocycles. The normalized spacial score (nSPS) is 12.2. The maximum absolute atomic E-state index is 12.4. The SMILES string of the molecule is CC(=O)NO[As](=O)(OO)c1cccc(-c2ccccc2)c1.O=C(O)c1conc1-c1ccsc1. The Labute approximate surface area is 200 Å². The van der Waals surface area contributed by atoms with Crippen molar-refractivity contribution in [1.82, 2.24) is 10.6 Å². The van der Waals surface area contributed by atoms with Crippen molar-refractivity contribution in [2.24, 2.45) is 0 Å². The first-order valence-electron chi connectivity index (χ1n) is 9.58. The molecule has 0 bridgehead atoms. The van der Waals surface area contributed by atoms with Crippen LogP contribution in [0.3, 0.4) is 0 Å². The van der Waals surface area contributed by atoms with Crippen LogP contribution in [-0.4, -0.2) is 41.6 Å². The minimum Gasteiger partial charge on any atom is -0.477 e. The standard InChI is InChI=1S/C14H14AsNO5.C8H5NO3S/c1-11(17)16-20-15(18,21-19)14-9-5-8-13(10-14)12-6-3-2-4-7-12;10-8(11)6-3-12-9-7(6)5-1-2-13-4-5/h2-10,19H,1H3,(H,16,17);1-4H,(H,10,11). The zero-order valence-electron chi connectivity index (χ0n) is 17.7. The van der Waals surface area contributed by atoms with Crippen LogP contribution in [0.1, 0.15) is 17.3 Å². The molecule has 10 nitrogen and oxygen atoms in total. The predicted molar refractivity (Wildman–Crippen MR) is 123 cm³/mol. The van der Waals surface area contributed by atoms with Crippen LogP contribution in [0.4, 0.5) is 0 Å². The van der Waals surface area contributed by atoms with Crippen LogP contribution < -0.4 is 9.83 Å². The summed E-state index contributed by atoms with van der Waals surface area (Å²) in [5.74, 6) is -1.57. The number of carbonyl (C=O) groups is 2. The van der Waals surface area contributed by atoms with Crippen LogP contribution in [0, 0.1) is 0 Å². The van der Waals surface area contributed by atoms with Crippen LogP contribution in [0.5, 0.6) is 0 Å². The van der Waals surface area contributed by atoms with Crippen molar-refractivity contribution in [1.29, 1.82) is 0 Å². The van der Waals surface area contributed by atoms with Gasteiger partial charge in [0.2, 0.25) is 0 Å². The zero-order valence-corrected chi connectivity index (χ0v) is 20.3. The van der Waals surface area contributed by atoms with E-state index in [1.165, 1.54) is 24.3 Å². The van der Waals surface area contributed by atoms with E-state index >= 15 is 0 Å². The fraction of sp³-hybridized carbons (Fsp3) is 0.0455. The topological polar surface area (TPSA) is 148 Å². The van der Waals surface area contributed by atoms with E-state index in [1.54, 1.807) is 18.2 Å². The van der Waals surface area contributed by atoms with E-state index in [4.69, 9.17) is 14.2 Å². The van der Waals surface area contributed by atoms with E-state index in [1.807, 2.05) is 52.6 Å². The minimum absolute atomic E-state index is 0.0957. The summed E-state index contributed by atoms with van der Waals surface area (Å²) in [6.07, 6.45) is 1.13. The van der Waals surface area contributed by atoms with Crippen LogP contribution in [0.15, 0.2) is 82.2 Å². The third kappa shape index (κ3) is 6.31. The third-order valence-electron chi connectivity index (χ3n) is 4.28. The van der Waals surface area contributed by atoms with Gasteiger partial charge in [-0.25, -0.2) is 4.79 Å².